The van der Waals surface area contributed by atoms with Crippen LogP contribution in [0.5, 0.6) is 0 Å². The molecule has 0 radical (unpaired) electrons. The van der Waals surface area contributed by atoms with Crippen LogP contribution >= 0.6 is 12.4 Å². The maximum Gasteiger partial charge on any atom is 0.0836 e. The summed E-state index contributed by atoms with van der Waals surface area (Å²) in [6, 6.07) is 3.55. The van der Waals surface area contributed by atoms with Gasteiger partial charge in [-0.3, -0.25) is 8.78 Å². The van der Waals surface area contributed by atoms with Crippen LogP contribution in [-0.2, 0) is 19.5 Å². The van der Waals surface area contributed by atoms with Gasteiger partial charge in [-0.25, -0.2) is 4.39 Å². The quantitative estimate of drug-likeness (QED) is 0.366. The third-order valence-corrected chi connectivity index (χ3v) is 0.839. The van der Waals surface area contributed by atoms with E-state index in [-0.39, 0.29) is 31.9 Å². The second-order valence-corrected chi connectivity index (χ2v) is 1.47. The maximum absolute atomic E-state index is 12.0. The van der Waals surface area contributed by atoms with Crippen molar-refractivity contribution >= 4 is 12.4 Å². The van der Waals surface area contributed by atoms with Gasteiger partial charge in [-0.1, -0.05) is 0 Å². The number of hydrogen-bond acceptors (Lipinski definition) is 0. The van der Waals surface area contributed by atoms with E-state index in [9.17, 15) is 13.2 Å². The smallest absolute Gasteiger partial charge is 0.0836 e. The van der Waals surface area contributed by atoms with Gasteiger partial charge in [0.05, 0.1) is 5.82 Å². The molecule has 0 saturated heterocycles. The summed E-state index contributed by atoms with van der Waals surface area (Å²) < 4.78 is 35.8. The molecule has 0 spiro atoms. The van der Waals surface area contributed by atoms with E-state index in [4.69, 9.17) is 0 Å². The molecule has 0 fully saturated rings. The van der Waals surface area contributed by atoms with Gasteiger partial charge in [0.25, 0.3) is 0 Å². The Kier molecular flexibility index (Phi) is 6.83. The van der Waals surface area contributed by atoms with Crippen LogP contribution < -0.4 is 0 Å². The molecule has 11 heavy (non-hydrogen) atoms. The Morgan fingerprint density at radius 2 is 1.36 bits per heavy atom. The van der Waals surface area contributed by atoms with Gasteiger partial charge >= 0.3 is 0 Å². The summed E-state index contributed by atoms with van der Waals surface area (Å²) in [6.07, 6.45) is 0. The first-order chi connectivity index (χ1) is 4.22. The first-order valence-corrected chi connectivity index (χ1v) is 2.22. The van der Waals surface area contributed by atoms with E-state index in [1.807, 2.05) is 0 Å². The van der Waals surface area contributed by atoms with Crippen LogP contribution in [-0.4, -0.2) is 0 Å². The predicted molar refractivity (Wildman–Crippen MR) is 32.4 cm³/mol. The van der Waals surface area contributed by atoms with Crippen molar-refractivity contribution in [3.8, 4) is 0 Å². The van der Waals surface area contributed by atoms with Crippen molar-refractivity contribution in [2.45, 2.75) is 0 Å². The Hall–Kier alpha value is -0.0766. The minimum Gasteiger partial charge on any atom is -0.281 e. The predicted octanol–water partition coefficient (Wildman–Crippen LogP) is 2.32. The van der Waals surface area contributed by atoms with E-state index in [1.54, 1.807) is 0 Å². The summed E-state index contributed by atoms with van der Waals surface area (Å²) in [7, 11) is 0. The monoisotopic (exact) mass is 231 g/mol. The van der Waals surface area contributed by atoms with Crippen molar-refractivity contribution in [1.29, 1.82) is 0 Å². The van der Waals surface area contributed by atoms with Gasteiger partial charge < -0.3 is 0 Å². The minimum atomic E-state index is -1.45. The molecular formula is C6H3ClF3Zn-. The van der Waals surface area contributed by atoms with Crippen LogP contribution in [0, 0.1) is 23.5 Å². The largest absolute Gasteiger partial charge is 0.281 e. The molecule has 5 heteroatoms. The average molecular weight is 233 g/mol. The van der Waals surface area contributed by atoms with Gasteiger partial charge in [0.1, 0.15) is 0 Å². The standard InChI is InChI=1S/C6H2F3.ClH.Zn/c7-4-2-1-3-5(8)6(4)9;;/h2-3H;1H;/q-1;;. The summed E-state index contributed by atoms with van der Waals surface area (Å²) in [4.78, 5) is 0. The summed E-state index contributed by atoms with van der Waals surface area (Å²) in [5, 5.41) is 0. The maximum atomic E-state index is 12.0. The third kappa shape index (κ3) is 3.21. The van der Waals surface area contributed by atoms with Crippen molar-refractivity contribution in [2.24, 2.45) is 0 Å². The zero-order valence-electron chi connectivity index (χ0n) is 5.40. The summed E-state index contributed by atoms with van der Waals surface area (Å²) >= 11 is 0. The third-order valence-electron chi connectivity index (χ3n) is 0.839. The number of hydrogen-bond donors (Lipinski definition) is 0. The molecule has 1 aromatic rings. The van der Waals surface area contributed by atoms with Gasteiger partial charge in [-0.05, 0) is 0 Å². The fourth-order valence-corrected chi connectivity index (χ4v) is 0.429. The summed E-state index contributed by atoms with van der Waals surface area (Å²) in [6.45, 7) is 0. The van der Waals surface area contributed by atoms with E-state index in [2.05, 4.69) is 6.07 Å². The zero-order chi connectivity index (χ0) is 6.85. The van der Waals surface area contributed by atoms with E-state index in [1.165, 1.54) is 0 Å². The molecular weight excluding hydrogens is 230 g/mol. The van der Waals surface area contributed by atoms with E-state index >= 15 is 0 Å². The van der Waals surface area contributed by atoms with Crippen molar-refractivity contribution in [3.05, 3.63) is 35.7 Å². The van der Waals surface area contributed by atoms with E-state index in [0.717, 1.165) is 12.1 Å². The SMILES string of the molecule is Cl.Fc1c[c-]cc(F)c1F.[Zn]. The van der Waals surface area contributed by atoms with Gasteiger partial charge in [0.15, 0.2) is 0 Å². The molecule has 1 rings (SSSR count). The van der Waals surface area contributed by atoms with Crippen LogP contribution in [0.25, 0.3) is 0 Å². The Morgan fingerprint density at radius 3 is 1.64 bits per heavy atom. The Morgan fingerprint density at radius 1 is 1.00 bits per heavy atom. The second-order valence-electron chi connectivity index (χ2n) is 1.47. The number of rotatable bonds is 0. The molecule has 0 atom stereocenters. The van der Waals surface area contributed by atoms with Gasteiger partial charge in [0.2, 0.25) is 0 Å². The fraction of sp³-hybridized carbons (Fsp3) is 0. The Labute approximate surface area is 81.0 Å². The second kappa shape index (κ2) is 5.56. The van der Waals surface area contributed by atoms with Gasteiger partial charge in [-0.2, -0.15) is 6.07 Å². The molecule has 0 bridgehead atoms. The first kappa shape index (κ1) is 13.5. The molecule has 0 aliphatic carbocycles. The van der Waals surface area contributed by atoms with Crippen LogP contribution in [0.4, 0.5) is 13.2 Å². The molecule has 0 aliphatic heterocycles. The molecule has 0 heterocycles. The van der Waals surface area contributed by atoms with Crippen molar-refractivity contribution in [2.75, 3.05) is 0 Å². The summed E-state index contributed by atoms with van der Waals surface area (Å²) in [5.41, 5.74) is 0. The van der Waals surface area contributed by atoms with E-state index < -0.39 is 17.5 Å². The van der Waals surface area contributed by atoms with E-state index in [0.29, 0.717) is 0 Å². The van der Waals surface area contributed by atoms with Crippen LogP contribution in [0.1, 0.15) is 0 Å². The molecule has 1 aromatic carbocycles. The molecule has 0 aromatic heterocycles. The first-order valence-electron chi connectivity index (χ1n) is 2.22. The zero-order valence-corrected chi connectivity index (χ0v) is 9.19. The normalized spacial score (nSPS) is 7.91. The average Bonchev–Trinajstić information content (AvgIpc) is 1.83. The molecule has 0 N–H and O–H groups in total. The van der Waals surface area contributed by atoms with Crippen molar-refractivity contribution < 1.29 is 32.6 Å². The van der Waals surface area contributed by atoms with Crippen LogP contribution in [0.15, 0.2) is 12.1 Å². The topological polar surface area (TPSA) is 0 Å². The molecule has 58 valence electrons. The molecule has 0 unspecified atom stereocenters. The minimum absolute atomic E-state index is 0. The molecule has 0 aliphatic rings. The Bertz CT molecular complexity index is 209. The van der Waals surface area contributed by atoms with Crippen molar-refractivity contribution in [3.63, 3.8) is 0 Å². The fourth-order valence-electron chi connectivity index (χ4n) is 0.429. The summed E-state index contributed by atoms with van der Waals surface area (Å²) in [5.74, 6) is -3.88. The molecule has 0 saturated carbocycles. The van der Waals surface area contributed by atoms with Gasteiger partial charge in [0, 0.05) is 31.1 Å². The van der Waals surface area contributed by atoms with Crippen molar-refractivity contribution in [1.82, 2.24) is 0 Å². The number of benzene rings is 1. The molecule has 0 nitrogen and oxygen atoms in total. The Balaban J connectivity index is 0. The van der Waals surface area contributed by atoms with Crippen LogP contribution in [0.3, 0.4) is 0 Å². The number of halogens is 4. The van der Waals surface area contributed by atoms with Gasteiger partial charge in [-0.15, -0.1) is 24.5 Å². The molecule has 0 amide bonds. The van der Waals surface area contributed by atoms with Crippen LogP contribution in [0.2, 0.25) is 0 Å².